The predicted molar refractivity (Wildman–Crippen MR) is 74.1 cm³/mol. The van der Waals surface area contributed by atoms with Crippen molar-refractivity contribution < 1.29 is 9.47 Å². The van der Waals surface area contributed by atoms with E-state index in [1.807, 2.05) is 43.3 Å². The predicted octanol–water partition coefficient (Wildman–Crippen LogP) is 2.52. The molecule has 1 heterocycles. The standard InChI is InChI=1S/C15H18N2O2/c1-2-18-15-9-12(10-16)6-7-14(15)19-11-13-5-3-4-8-17-13/h3-9H,2,10-11,16H2,1H3. The Hall–Kier alpha value is -2.07. The fourth-order valence-electron chi connectivity index (χ4n) is 1.70. The molecule has 0 aliphatic rings. The molecule has 4 nitrogen and oxygen atoms in total. The lowest BCUT2D eigenvalue weighted by Gasteiger charge is -2.12. The summed E-state index contributed by atoms with van der Waals surface area (Å²) >= 11 is 0. The van der Waals surface area contributed by atoms with Crippen molar-refractivity contribution in [1.29, 1.82) is 0 Å². The Labute approximate surface area is 113 Å². The topological polar surface area (TPSA) is 57.4 Å². The Kier molecular flexibility index (Phi) is 4.75. The average Bonchev–Trinajstić information content (AvgIpc) is 2.47. The molecule has 0 aliphatic heterocycles. The molecule has 0 atom stereocenters. The lowest BCUT2D eigenvalue weighted by molar-refractivity contribution is 0.266. The van der Waals surface area contributed by atoms with E-state index in [1.54, 1.807) is 6.20 Å². The number of pyridine rings is 1. The van der Waals surface area contributed by atoms with Crippen molar-refractivity contribution in [3.05, 3.63) is 53.9 Å². The molecule has 0 aliphatic carbocycles. The Morgan fingerprint density at radius 3 is 2.68 bits per heavy atom. The third-order valence-electron chi connectivity index (χ3n) is 2.65. The van der Waals surface area contributed by atoms with Crippen molar-refractivity contribution in [3.63, 3.8) is 0 Å². The van der Waals surface area contributed by atoms with E-state index >= 15 is 0 Å². The number of benzene rings is 1. The van der Waals surface area contributed by atoms with Crippen molar-refractivity contribution in [2.24, 2.45) is 5.73 Å². The lowest BCUT2D eigenvalue weighted by Crippen LogP contribution is -2.03. The van der Waals surface area contributed by atoms with E-state index in [1.165, 1.54) is 0 Å². The maximum absolute atomic E-state index is 5.75. The SMILES string of the molecule is CCOc1cc(CN)ccc1OCc1ccccn1. The van der Waals surface area contributed by atoms with Gasteiger partial charge in [0.15, 0.2) is 11.5 Å². The molecule has 0 saturated heterocycles. The minimum atomic E-state index is 0.420. The van der Waals surface area contributed by atoms with Gasteiger partial charge in [-0.1, -0.05) is 12.1 Å². The average molecular weight is 258 g/mol. The summed E-state index contributed by atoms with van der Waals surface area (Å²) in [7, 11) is 0. The van der Waals surface area contributed by atoms with Gasteiger partial charge in [-0.05, 0) is 36.8 Å². The minimum Gasteiger partial charge on any atom is -0.490 e. The number of hydrogen-bond acceptors (Lipinski definition) is 4. The molecular formula is C15H18N2O2. The number of rotatable bonds is 6. The summed E-state index contributed by atoms with van der Waals surface area (Å²) in [5, 5.41) is 0. The molecule has 0 saturated carbocycles. The number of ether oxygens (including phenoxy) is 2. The van der Waals surface area contributed by atoms with Gasteiger partial charge < -0.3 is 15.2 Å². The molecule has 19 heavy (non-hydrogen) atoms. The molecule has 0 amide bonds. The fraction of sp³-hybridized carbons (Fsp3) is 0.267. The van der Waals surface area contributed by atoms with E-state index in [9.17, 15) is 0 Å². The van der Waals surface area contributed by atoms with Gasteiger partial charge in [0.1, 0.15) is 6.61 Å². The van der Waals surface area contributed by atoms with Crippen LogP contribution in [0, 0.1) is 0 Å². The van der Waals surface area contributed by atoms with Crippen LogP contribution in [0.2, 0.25) is 0 Å². The van der Waals surface area contributed by atoms with Gasteiger partial charge in [-0.2, -0.15) is 0 Å². The summed E-state index contributed by atoms with van der Waals surface area (Å²) in [5.74, 6) is 1.44. The summed E-state index contributed by atoms with van der Waals surface area (Å²) in [5.41, 5.74) is 7.53. The molecule has 0 spiro atoms. The summed E-state index contributed by atoms with van der Waals surface area (Å²) < 4.78 is 11.3. The van der Waals surface area contributed by atoms with E-state index in [0.717, 1.165) is 17.0 Å². The van der Waals surface area contributed by atoms with E-state index in [4.69, 9.17) is 15.2 Å². The summed E-state index contributed by atoms with van der Waals surface area (Å²) in [6.45, 7) is 3.44. The Bertz CT molecular complexity index is 515. The molecule has 0 radical (unpaired) electrons. The highest BCUT2D eigenvalue weighted by Gasteiger charge is 2.06. The van der Waals surface area contributed by atoms with Crippen molar-refractivity contribution in [2.75, 3.05) is 6.61 Å². The first-order valence-corrected chi connectivity index (χ1v) is 6.32. The van der Waals surface area contributed by atoms with E-state index in [0.29, 0.717) is 25.5 Å². The molecule has 2 aromatic rings. The summed E-state index contributed by atoms with van der Waals surface area (Å²) in [4.78, 5) is 4.22. The zero-order valence-corrected chi connectivity index (χ0v) is 11.0. The first-order valence-electron chi connectivity index (χ1n) is 6.32. The molecule has 4 heteroatoms. The van der Waals surface area contributed by atoms with Crippen LogP contribution in [-0.4, -0.2) is 11.6 Å². The highest BCUT2D eigenvalue weighted by molar-refractivity contribution is 5.43. The van der Waals surface area contributed by atoms with Crippen LogP contribution in [-0.2, 0) is 13.2 Å². The van der Waals surface area contributed by atoms with Gasteiger partial charge in [0, 0.05) is 12.7 Å². The second kappa shape index (κ2) is 6.75. The number of hydrogen-bond donors (Lipinski definition) is 1. The third-order valence-corrected chi connectivity index (χ3v) is 2.65. The van der Waals surface area contributed by atoms with E-state index < -0.39 is 0 Å². The molecule has 0 unspecified atom stereocenters. The quantitative estimate of drug-likeness (QED) is 0.865. The molecule has 1 aromatic carbocycles. The van der Waals surface area contributed by atoms with E-state index in [2.05, 4.69) is 4.98 Å². The second-order valence-corrected chi connectivity index (χ2v) is 4.03. The zero-order valence-electron chi connectivity index (χ0n) is 11.0. The van der Waals surface area contributed by atoms with Crippen LogP contribution in [0.4, 0.5) is 0 Å². The zero-order chi connectivity index (χ0) is 13.5. The van der Waals surface area contributed by atoms with Crippen LogP contribution in [0.25, 0.3) is 0 Å². The van der Waals surface area contributed by atoms with Crippen molar-refractivity contribution in [1.82, 2.24) is 4.98 Å². The van der Waals surface area contributed by atoms with Crippen LogP contribution < -0.4 is 15.2 Å². The molecule has 0 fully saturated rings. The monoisotopic (exact) mass is 258 g/mol. The van der Waals surface area contributed by atoms with Crippen LogP contribution in [0.5, 0.6) is 11.5 Å². The highest BCUT2D eigenvalue weighted by Crippen LogP contribution is 2.29. The maximum Gasteiger partial charge on any atom is 0.161 e. The number of nitrogens with two attached hydrogens (primary N) is 1. The van der Waals surface area contributed by atoms with Gasteiger partial charge in [-0.15, -0.1) is 0 Å². The molecule has 100 valence electrons. The van der Waals surface area contributed by atoms with Gasteiger partial charge in [-0.3, -0.25) is 4.98 Å². The van der Waals surface area contributed by atoms with Crippen molar-refractivity contribution >= 4 is 0 Å². The van der Waals surface area contributed by atoms with Gasteiger partial charge in [0.25, 0.3) is 0 Å². The summed E-state index contributed by atoms with van der Waals surface area (Å²) in [6, 6.07) is 11.5. The van der Waals surface area contributed by atoms with E-state index in [-0.39, 0.29) is 0 Å². The first-order chi connectivity index (χ1) is 9.33. The molecule has 2 N–H and O–H groups in total. The Morgan fingerprint density at radius 2 is 2.00 bits per heavy atom. The number of aromatic nitrogens is 1. The van der Waals surface area contributed by atoms with Gasteiger partial charge in [0.2, 0.25) is 0 Å². The van der Waals surface area contributed by atoms with Gasteiger partial charge in [-0.25, -0.2) is 0 Å². The fourth-order valence-corrected chi connectivity index (χ4v) is 1.70. The summed E-state index contributed by atoms with van der Waals surface area (Å²) in [6.07, 6.45) is 1.75. The van der Waals surface area contributed by atoms with Gasteiger partial charge in [0.05, 0.1) is 12.3 Å². The largest absolute Gasteiger partial charge is 0.490 e. The van der Waals surface area contributed by atoms with Crippen LogP contribution in [0.15, 0.2) is 42.6 Å². The van der Waals surface area contributed by atoms with Crippen LogP contribution in [0.3, 0.4) is 0 Å². The van der Waals surface area contributed by atoms with Crippen LogP contribution in [0.1, 0.15) is 18.2 Å². The van der Waals surface area contributed by atoms with Crippen molar-refractivity contribution in [3.8, 4) is 11.5 Å². The molecule has 1 aromatic heterocycles. The smallest absolute Gasteiger partial charge is 0.161 e. The van der Waals surface area contributed by atoms with Gasteiger partial charge >= 0.3 is 0 Å². The second-order valence-electron chi connectivity index (χ2n) is 4.03. The lowest BCUT2D eigenvalue weighted by atomic mass is 10.2. The normalized spacial score (nSPS) is 10.2. The third kappa shape index (κ3) is 3.69. The first kappa shape index (κ1) is 13.4. The van der Waals surface area contributed by atoms with Crippen LogP contribution >= 0.6 is 0 Å². The maximum atomic E-state index is 5.75. The number of nitrogens with zero attached hydrogens (tertiary/aromatic N) is 1. The molecule has 0 bridgehead atoms. The molecule has 2 rings (SSSR count). The minimum absolute atomic E-state index is 0.420. The molecular weight excluding hydrogens is 240 g/mol. The Morgan fingerprint density at radius 1 is 1.11 bits per heavy atom. The highest BCUT2D eigenvalue weighted by atomic mass is 16.5. The Balaban J connectivity index is 2.10. The van der Waals surface area contributed by atoms with Crippen molar-refractivity contribution in [2.45, 2.75) is 20.1 Å².